The third-order valence-electron chi connectivity index (χ3n) is 4.96. The predicted octanol–water partition coefficient (Wildman–Crippen LogP) is 3.60. The van der Waals surface area contributed by atoms with E-state index in [1.807, 2.05) is 7.05 Å². The Hall–Kier alpha value is -1.16. The molecule has 4 heteroatoms. The van der Waals surface area contributed by atoms with Crippen LogP contribution in [0.15, 0.2) is 12.4 Å². The van der Waals surface area contributed by atoms with Crippen LogP contribution in [-0.4, -0.2) is 24.1 Å². The van der Waals surface area contributed by atoms with Crippen LogP contribution in [0.4, 0.5) is 0 Å². The van der Waals surface area contributed by atoms with Crippen LogP contribution in [0.3, 0.4) is 0 Å². The summed E-state index contributed by atoms with van der Waals surface area (Å²) >= 11 is 0. The first-order valence-corrected chi connectivity index (χ1v) is 7.99. The quantitative estimate of drug-likeness (QED) is 0.920. The highest BCUT2D eigenvalue weighted by molar-refractivity contribution is 5.22. The van der Waals surface area contributed by atoms with Crippen LogP contribution >= 0.6 is 0 Å². The van der Waals surface area contributed by atoms with Crippen molar-refractivity contribution in [3.8, 4) is 5.88 Å². The van der Waals surface area contributed by atoms with Gasteiger partial charge in [-0.05, 0) is 50.0 Å². The standard InChI is InChI=1S/C17H29N3O/c1-17(2,3)13-8-6-12(7-9-13)14(18-4)15-16(21-5)20-11-10-19-15/h10-14,18H,6-9H2,1-5H3. The molecule has 0 bridgehead atoms. The van der Waals surface area contributed by atoms with Gasteiger partial charge in [-0.15, -0.1) is 0 Å². The summed E-state index contributed by atoms with van der Waals surface area (Å²) in [7, 11) is 3.67. The molecule has 1 saturated carbocycles. The van der Waals surface area contributed by atoms with Crippen molar-refractivity contribution < 1.29 is 4.74 Å². The fourth-order valence-corrected chi connectivity index (χ4v) is 3.62. The van der Waals surface area contributed by atoms with E-state index in [9.17, 15) is 0 Å². The summed E-state index contributed by atoms with van der Waals surface area (Å²) in [5, 5.41) is 3.43. The van der Waals surface area contributed by atoms with Crippen molar-refractivity contribution in [1.82, 2.24) is 15.3 Å². The Morgan fingerprint density at radius 1 is 1.14 bits per heavy atom. The first kappa shape index (κ1) is 16.2. The molecule has 0 aromatic carbocycles. The second-order valence-corrected chi connectivity index (χ2v) is 7.19. The zero-order chi connectivity index (χ0) is 15.5. The van der Waals surface area contributed by atoms with Crippen LogP contribution in [-0.2, 0) is 0 Å². The lowest BCUT2D eigenvalue weighted by Gasteiger charge is -2.39. The van der Waals surface area contributed by atoms with Crippen molar-refractivity contribution in [2.45, 2.75) is 52.5 Å². The highest BCUT2D eigenvalue weighted by atomic mass is 16.5. The summed E-state index contributed by atoms with van der Waals surface area (Å²) in [4.78, 5) is 8.80. The average molecular weight is 291 g/mol. The fourth-order valence-electron chi connectivity index (χ4n) is 3.62. The lowest BCUT2D eigenvalue weighted by molar-refractivity contribution is 0.132. The lowest BCUT2D eigenvalue weighted by atomic mass is 9.68. The van der Waals surface area contributed by atoms with Gasteiger partial charge in [0.05, 0.1) is 13.2 Å². The van der Waals surface area contributed by atoms with E-state index < -0.39 is 0 Å². The number of hydrogen-bond donors (Lipinski definition) is 1. The first-order chi connectivity index (χ1) is 9.97. The summed E-state index contributed by atoms with van der Waals surface area (Å²) in [6, 6.07) is 0.231. The molecule has 0 amide bonds. The summed E-state index contributed by atoms with van der Waals surface area (Å²) < 4.78 is 5.38. The highest BCUT2D eigenvalue weighted by Crippen LogP contribution is 2.43. The minimum atomic E-state index is 0.231. The molecule has 0 aliphatic heterocycles. The number of ether oxygens (including phenoxy) is 1. The van der Waals surface area contributed by atoms with Gasteiger partial charge in [0.15, 0.2) is 0 Å². The van der Waals surface area contributed by atoms with Crippen LogP contribution in [0, 0.1) is 17.3 Å². The average Bonchev–Trinajstić information content (AvgIpc) is 2.48. The largest absolute Gasteiger partial charge is 0.480 e. The maximum Gasteiger partial charge on any atom is 0.237 e. The minimum absolute atomic E-state index is 0.231. The summed E-state index contributed by atoms with van der Waals surface area (Å²) in [6.07, 6.45) is 8.53. The van der Waals surface area contributed by atoms with Crippen LogP contribution in [0.25, 0.3) is 0 Å². The Kier molecular flexibility index (Phi) is 5.20. The molecular weight excluding hydrogens is 262 g/mol. The molecule has 1 atom stereocenters. The van der Waals surface area contributed by atoms with Crippen LogP contribution in [0.5, 0.6) is 5.88 Å². The lowest BCUT2D eigenvalue weighted by Crippen LogP contribution is -2.33. The van der Waals surface area contributed by atoms with Gasteiger partial charge in [-0.1, -0.05) is 20.8 Å². The van der Waals surface area contributed by atoms with Gasteiger partial charge in [0.2, 0.25) is 5.88 Å². The molecule has 1 aliphatic carbocycles. The third kappa shape index (κ3) is 3.73. The number of nitrogens with zero attached hydrogens (tertiary/aromatic N) is 2. The van der Waals surface area contributed by atoms with Gasteiger partial charge in [0, 0.05) is 12.4 Å². The molecule has 21 heavy (non-hydrogen) atoms. The number of aromatic nitrogens is 2. The smallest absolute Gasteiger partial charge is 0.237 e. The summed E-state index contributed by atoms with van der Waals surface area (Å²) in [5.74, 6) is 2.09. The number of rotatable bonds is 4. The topological polar surface area (TPSA) is 47.0 Å². The molecule has 0 saturated heterocycles. The molecule has 1 aromatic heterocycles. The summed E-state index contributed by atoms with van der Waals surface area (Å²) in [6.45, 7) is 7.08. The predicted molar refractivity (Wildman–Crippen MR) is 85.3 cm³/mol. The molecule has 1 unspecified atom stereocenters. The first-order valence-electron chi connectivity index (χ1n) is 7.99. The van der Waals surface area contributed by atoms with Crippen molar-refractivity contribution in [2.75, 3.05) is 14.2 Å². The Morgan fingerprint density at radius 2 is 1.76 bits per heavy atom. The molecule has 1 N–H and O–H groups in total. The van der Waals surface area contributed by atoms with Gasteiger partial charge >= 0.3 is 0 Å². The van der Waals surface area contributed by atoms with E-state index in [2.05, 4.69) is 36.1 Å². The molecule has 118 valence electrons. The van der Waals surface area contributed by atoms with Crippen molar-refractivity contribution >= 4 is 0 Å². The Balaban J connectivity index is 2.10. The Bertz CT molecular complexity index is 448. The summed E-state index contributed by atoms with van der Waals surface area (Å²) in [5.41, 5.74) is 1.37. The fraction of sp³-hybridized carbons (Fsp3) is 0.765. The van der Waals surface area contributed by atoms with E-state index in [1.54, 1.807) is 19.5 Å². The minimum Gasteiger partial charge on any atom is -0.480 e. The van der Waals surface area contributed by atoms with Gasteiger partial charge in [0.1, 0.15) is 5.69 Å². The van der Waals surface area contributed by atoms with Crippen molar-refractivity contribution in [2.24, 2.45) is 17.3 Å². The molecule has 2 rings (SSSR count). The van der Waals surface area contributed by atoms with Crippen LogP contribution in [0.2, 0.25) is 0 Å². The molecule has 0 radical (unpaired) electrons. The third-order valence-corrected chi connectivity index (χ3v) is 4.96. The second kappa shape index (κ2) is 6.73. The van der Waals surface area contributed by atoms with E-state index in [0.29, 0.717) is 17.2 Å². The van der Waals surface area contributed by atoms with E-state index >= 15 is 0 Å². The Labute approximate surface area is 128 Å². The highest BCUT2D eigenvalue weighted by Gasteiger charge is 2.34. The monoisotopic (exact) mass is 291 g/mol. The zero-order valence-corrected chi connectivity index (χ0v) is 14.0. The van der Waals surface area contributed by atoms with E-state index in [4.69, 9.17) is 4.74 Å². The molecule has 1 heterocycles. The maximum atomic E-state index is 5.38. The molecule has 1 aromatic rings. The molecule has 4 nitrogen and oxygen atoms in total. The molecule has 1 aliphatic rings. The van der Waals surface area contributed by atoms with Crippen LogP contribution in [0.1, 0.15) is 58.2 Å². The van der Waals surface area contributed by atoms with E-state index in [1.165, 1.54) is 25.7 Å². The molecular formula is C17H29N3O. The Morgan fingerprint density at radius 3 is 2.29 bits per heavy atom. The second-order valence-electron chi connectivity index (χ2n) is 7.19. The number of hydrogen-bond acceptors (Lipinski definition) is 4. The number of methoxy groups -OCH3 is 1. The van der Waals surface area contributed by atoms with E-state index in [0.717, 1.165) is 11.6 Å². The number of nitrogens with one attached hydrogen (secondary N) is 1. The van der Waals surface area contributed by atoms with Gasteiger partial charge in [0.25, 0.3) is 0 Å². The molecule has 0 spiro atoms. The van der Waals surface area contributed by atoms with Gasteiger partial charge in [-0.2, -0.15) is 0 Å². The van der Waals surface area contributed by atoms with Gasteiger partial charge in [-0.3, -0.25) is 4.98 Å². The van der Waals surface area contributed by atoms with Crippen molar-refractivity contribution in [3.05, 3.63) is 18.1 Å². The normalized spacial score (nSPS) is 24.6. The van der Waals surface area contributed by atoms with Crippen molar-refractivity contribution in [3.63, 3.8) is 0 Å². The van der Waals surface area contributed by atoms with Crippen LogP contribution < -0.4 is 10.1 Å². The molecule has 1 fully saturated rings. The SMILES string of the molecule is CNC(c1nccnc1OC)C1CCC(C(C)(C)C)CC1. The van der Waals surface area contributed by atoms with Gasteiger partial charge < -0.3 is 10.1 Å². The zero-order valence-electron chi connectivity index (χ0n) is 14.0. The van der Waals surface area contributed by atoms with E-state index in [-0.39, 0.29) is 6.04 Å². The van der Waals surface area contributed by atoms with Crippen molar-refractivity contribution in [1.29, 1.82) is 0 Å². The van der Waals surface area contributed by atoms with Gasteiger partial charge in [-0.25, -0.2) is 4.98 Å². The maximum absolute atomic E-state index is 5.38.